The molecule has 0 aliphatic rings. The van der Waals surface area contributed by atoms with Crippen molar-refractivity contribution in [3.8, 4) is 0 Å². The number of carbonyl (C=O) groups is 1. The van der Waals surface area contributed by atoms with Crippen molar-refractivity contribution in [3.63, 3.8) is 0 Å². The number of benzene rings is 1. The largest absolute Gasteiger partial charge is 0.389 e. The predicted molar refractivity (Wildman–Crippen MR) is 79.0 cm³/mol. The van der Waals surface area contributed by atoms with Crippen molar-refractivity contribution < 1.29 is 13.2 Å². The molecule has 0 radical (unpaired) electrons. The molecule has 2 N–H and O–H groups in total. The van der Waals surface area contributed by atoms with Crippen molar-refractivity contribution in [2.75, 3.05) is 25.6 Å². The van der Waals surface area contributed by atoms with E-state index in [-0.39, 0.29) is 23.2 Å². The van der Waals surface area contributed by atoms with E-state index in [2.05, 4.69) is 0 Å². The van der Waals surface area contributed by atoms with Crippen molar-refractivity contribution in [2.45, 2.75) is 0 Å². The molecule has 0 unspecified atom stereocenters. The van der Waals surface area contributed by atoms with Gasteiger partial charge in [-0.2, -0.15) is 0 Å². The van der Waals surface area contributed by atoms with E-state index in [1.807, 2.05) is 0 Å². The van der Waals surface area contributed by atoms with E-state index in [0.717, 1.165) is 6.26 Å². The molecule has 1 aromatic rings. The Morgan fingerprint density at radius 1 is 1.37 bits per heavy atom. The number of nitrogens with zero attached hydrogens (tertiary/aromatic N) is 1. The third kappa shape index (κ3) is 4.96. The molecule has 0 spiro atoms. The van der Waals surface area contributed by atoms with Crippen LogP contribution in [0.4, 0.5) is 0 Å². The van der Waals surface area contributed by atoms with Crippen LogP contribution in [0.3, 0.4) is 0 Å². The number of nitrogens with two attached hydrogens (primary N) is 1. The highest BCUT2D eigenvalue weighted by Crippen LogP contribution is 2.08. The first-order valence-electron chi connectivity index (χ1n) is 5.54. The zero-order valence-electron chi connectivity index (χ0n) is 10.8. The summed E-state index contributed by atoms with van der Waals surface area (Å²) >= 11 is 4.85. The highest BCUT2D eigenvalue weighted by molar-refractivity contribution is 7.90. The molecule has 1 rings (SSSR count). The molecule has 0 atom stereocenters. The van der Waals surface area contributed by atoms with Crippen LogP contribution in [0.2, 0.25) is 0 Å². The minimum atomic E-state index is -3.09. The third-order valence-corrected chi connectivity index (χ3v) is 3.70. The summed E-state index contributed by atoms with van der Waals surface area (Å²) in [6.07, 6.45) is 1.14. The first kappa shape index (κ1) is 15.6. The molecule has 0 bridgehead atoms. The lowest BCUT2D eigenvalue weighted by Crippen LogP contribution is -2.31. The summed E-state index contributed by atoms with van der Waals surface area (Å²) < 4.78 is 22.1. The van der Waals surface area contributed by atoms with Gasteiger partial charge in [-0.05, 0) is 12.1 Å². The Morgan fingerprint density at radius 2 is 1.95 bits per heavy atom. The van der Waals surface area contributed by atoms with Gasteiger partial charge in [-0.25, -0.2) is 8.42 Å². The summed E-state index contributed by atoms with van der Waals surface area (Å²) in [6.45, 7) is 0.148. The summed E-state index contributed by atoms with van der Waals surface area (Å²) in [5, 5.41) is 0. The lowest BCUT2D eigenvalue weighted by Gasteiger charge is -2.17. The Bertz CT molecular complexity index is 597. The van der Waals surface area contributed by atoms with Gasteiger partial charge in [0.1, 0.15) is 14.8 Å². The number of thiocarbonyl (C=S) groups is 1. The highest BCUT2D eigenvalue weighted by Gasteiger charge is 2.14. The third-order valence-electron chi connectivity index (χ3n) is 2.54. The SMILES string of the molecule is CN(CCS(C)(=O)=O)C(=O)c1cccc(C(N)=S)c1. The fourth-order valence-electron chi connectivity index (χ4n) is 1.43. The molecule has 19 heavy (non-hydrogen) atoms. The van der Waals surface area contributed by atoms with Crippen LogP contribution in [0.25, 0.3) is 0 Å². The van der Waals surface area contributed by atoms with E-state index >= 15 is 0 Å². The highest BCUT2D eigenvalue weighted by atomic mass is 32.2. The van der Waals surface area contributed by atoms with E-state index in [0.29, 0.717) is 11.1 Å². The molecule has 104 valence electrons. The number of amides is 1. The van der Waals surface area contributed by atoms with Gasteiger partial charge in [0.15, 0.2) is 0 Å². The summed E-state index contributed by atoms with van der Waals surface area (Å²) in [5.74, 6) is -0.328. The molecule has 0 aliphatic heterocycles. The number of rotatable bonds is 5. The van der Waals surface area contributed by atoms with Crippen molar-refractivity contribution in [1.82, 2.24) is 4.90 Å². The minimum Gasteiger partial charge on any atom is -0.389 e. The van der Waals surface area contributed by atoms with E-state index in [9.17, 15) is 13.2 Å². The normalized spacial score (nSPS) is 11.1. The van der Waals surface area contributed by atoms with E-state index in [1.54, 1.807) is 31.3 Å². The average molecular weight is 300 g/mol. The van der Waals surface area contributed by atoms with Crippen LogP contribution in [-0.2, 0) is 9.84 Å². The van der Waals surface area contributed by atoms with Gasteiger partial charge in [0, 0.05) is 31.0 Å². The maximum atomic E-state index is 12.1. The second-order valence-electron chi connectivity index (χ2n) is 4.30. The summed E-state index contributed by atoms with van der Waals surface area (Å²) in [7, 11) is -1.53. The van der Waals surface area contributed by atoms with E-state index < -0.39 is 9.84 Å². The monoisotopic (exact) mass is 300 g/mol. The number of hydrogen-bond acceptors (Lipinski definition) is 4. The lowest BCUT2D eigenvalue weighted by atomic mass is 10.1. The Kier molecular flexibility index (Phi) is 5.02. The second kappa shape index (κ2) is 6.12. The number of carbonyl (C=O) groups excluding carboxylic acids is 1. The number of sulfone groups is 1. The maximum absolute atomic E-state index is 12.1. The molecular formula is C12H16N2O3S2. The topological polar surface area (TPSA) is 80.5 Å². The van der Waals surface area contributed by atoms with Crippen LogP contribution in [0.1, 0.15) is 15.9 Å². The van der Waals surface area contributed by atoms with Crippen molar-refractivity contribution in [3.05, 3.63) is 35.4 Å². The Hall–Kier alpha value is -1.47. The number of hydrogen-bond donors (Lipinski definition) is 1. The smallest absolute Gasteiger partial charge is 0.253 e. The van der Waals surface area contributed by atoms with Crippen molar-refractivity contribution >= 4 is 33.0 Å². The first-order valence-corrected chi connectivity index (χ1v) is 8.00. The molecule has 1 aromatic carbocycles. The van der Waals surface area contributed by atoms with Crippen LogP contribution in [0.15, 0.2) is 24.3 Å². The lowest BCUT2D eigenvalue weighted by molar-refractivity contribution is 0.0803. The van der Waals surface area contributed by atoms with E-state index in [1.165, 1.54) is 4.90 Å². The molecule has 0 aliphatic carbocycles. The molecule has 1 amide bonds. The molecule has 7 heteroatoms. The standard InChI is InChI=1S/C12H16N2O3S2/c1-14(6-7-19(2,16)17)12(15)10-5-3-4-9(8-10)11(13)18/h3-5,8H,6-7H2,1-2H3,(H2,13,18). The Balaban J connectivity index is 2.82. The van der Waals surface area contributed by atoms with Gasteiger partial charge < -0.3 is 10.6 Å². The quantitative estimate of drug-likeness (QED) is 0.798. The molecule has 0 aromatic heterocycles. The van der Waals surface area contributed by atoms with Gasteiger partial charge in [0.2, 0.25) is 0 Å². The van der Waals surface area contributed by atoms with Gasteiger partial charge in [-0.15, -0.1) is 0 Å². The zero-order chi connectivity index (χ0) is 14.6. The molecule has 0 heterocycles. The van der Waals surface area contributed by atoms with Gasteiger partial charge in [0.05, 0.1) is 5.75 Å². The summed E-state index contributed by atoms with van der Waals surface area (Å²) in [4.78, 5) is 13.7. The predicted octanol–water partition coefficient (Wildman–Crippen LogP) is 0.437. The van der Waals surface area contributed by atoms with Gasteiger partial charge in [-0.1, -0.05) is 24.4 Å². The van der Waals surface area contributed by atoms with Gasteiger partial charge in [-0.3, -0.25) is 4.79 Å². The van der Waals surface area contributed by atoms with Crippen LogP contribution < -0.4 is 5.73 Å². The van der Waals surface area contributed by atoms with Crippen LogP contribution >= 0.6 is 12.2 Å². The summed E-state index contributed by atoms with van der Waals surface area (Å²) in [5.41, 5.74) is 6.54. The fourth-order valence-corrected chi connectivity index (χ4v) is 2.16. The fraction of sp³-hybridized carbons (Fsp3) is 0.333. The van der Waals surface area contributed by atoms with Crippen LogP contribution in [0.5, 0.6) is 0 Å². The van der Waals surface area contributed by atoms with Gasteiger partial charge >= 0.3 is 0 Å². The van der Waals surface area contributed by atoms with Crippen LogP contribution in [-0.4, -0.2) is 49.8 Å². The van der Waals surface area contributed by atoms with Crippen molar-refractivity contribution in [2.24, 2.45) is 5.73 Å². The van der Waals surface area contributed by atoms with Crippen LogP contribution in [0, 0.1) is 0 Å². The van der Waals surface area contributed by atoms with E-state index in [4.69, 9.17) is 18.0 Å². The minimum absolute atomic E-state index is 0.0652. The second-order valence-corrected chi connectivity index (χ2v) is 7.00. The van der Waals surface area contributed by atoms with Gasteiger partial charge in [0.25, 0.3) is 5.91 Å². The molecule has 0 saturated carbocycles. The maximum Gasteiger partial charge on any atom is 0.253 e. The summed E-state index contributed by atoms with van der Waals surface area (Å²) in [6, 6.07) is 6.64. The molecule has 0 saturated heterocycles. The first-order chi connectivity index (χ1) is 8.70. The molecular weight excluding hydrogens is 284 g/mol. The van der Waals surface area contributed by atoms with Crippen molar-refractivity contribution in [1.29, 1.82) is 0 Å². The molecule has 0 fully saturated rings. The zero-order valence-corrected chi connectivity index (χ0v) is 12.4. The Morgan fingerprint density at radius 3 is 2.47 bits per heavy atom. The molecule has 5 nitrogen and oxygen atoms in total. The Labute approximate surface area is 118 Å². The average Bonchev–Trinajstić information content (AvgIpc) is 2.34.